The van der Waals surface area contributed by atoms with Crippen molar-refractivity contribution in [2.45, 2.75) is 13.3 Å². The molecule has 3 heteroatoms. The van der Waals surface area contributed by atoms with Gasteiger partial charge in [-0.25, -0.2) is 0 Å². The molecule has 0 aromatic rings. The molecule has 0 fully saturated rings. The molecule has 0 unspecified atom stereocenters. The number of hydrogen-bond donors (Lipinski definition) is 1. The molecule has 3 nitrogen and oxygen atoms in total. The van der Waals surface area contributed by atoms with Crippen LogP contribution in [0, 0.1) is 0 Å². The first-order chi connectivity index (χ1) is 3.91. The molecule has 0 spiro atoms. The summed E-state index contributed by atoms with van der Waals surface area (Å²) in [7, 11) is 0. The van der Waals surface area contributed by atoms with Crippen molar-refractivity contribution in [3.05, 3.63) is 0 Å². The average Bonchev–Trinajstić information content (AvgIpc) is 1.81. The molecule has 0 heterocycles. The highest BCUT2D eigenvalue weighted by atomic mass is 16.6. The van der Waals surface area contributed by atoms with E-state index in [0.717, 1.165) is 6.42 Å². The van der Waals surface area contributed by atoms with Gasteiger partial charge in [0.15, 0.2) is 0 Å². The second-order valence-corrected chi connectivity index (χ2v) is 1.28. The molecule has 0 aliphatic heterocycles. The maximum Gasteiger partial charge on any atom is 0.114 e. The summed E-state index contributed by atoms with van der Waals surface area (Å²) in [5, 5.41) is 3.57. The van der Waals surface area contributed by atoms with E-state index in [1.165, 1.54) is 0 Å². The van der Waals surface area contributed by atoms with Crippen molar-refractivity contribution >= 4 is 6.21 Å². The molecular weight excluding hydrogens is 104 g/mol. The van der Waals surface area contributed by atoms with Crippen molar-refractivity contribution in [1.29, 1.82) is 0 Å². The number of nitrogens with two attached hydrogens (primary N) is 1. The van der Waals surface area contributed by atoms with Gasteiger partial charge in [-0.05, 0) is 19.9 Å². The fourth-order valence-corrected chi connectivity index (χ4v) is 0.254. The van der Waals surface area contributed by atoms with E-state index >= 15 is 0 Å². The van der Waals surface area contributed by atoms with Gasteiger partial charge in [-0.3, -0.25) is 0 Å². The molecule has 2 N–H and O–H groups in total. The fraction of sp³-hybridized carbons (Fsp3) is 0.800. The maximum absolute atomic E-state index is 5.16. The van der Waals surface area contributed by atoms with Gasteiger partial charge in [0.05, 0.1) is 0 Å². The Bertz CT molecular complexity index is 55.4. The molecule has 48 valence electrons. The molecule has 0 aliphatic carbocycles. The number of oxime groups is 1. The first-order valence-electron chi connectivity index (χ1n) is 2.75. The van der Waals surface area contributed by atoms with E-state index < -0.39 is 0 Å². The van der Waals surface area contributed by atoms with Crippen LogP contribution in [0.15, 0.2) is 5.16 Å². The van der Waals surface area contributed by atoms with Gasteiger partial charge in [0, 0.05) is 6.21 Å². The lowest BCUT2D eigenvalue weighted by molar-refractivity contribution is 0.160. The third-order valence-corrected chi connectivity index (χ3v) is 0.574. The third-order valence-electron chi connectivity index (χ3n) is 0.574. The lowest BCUT2D eigenvalue weighted by Crippen LogP contribution is -1.98. The highest BCUT2D eigenvalue weighted by molar-refractivity contribution is 5.56. The van der Waals surface area contributed by atoms with Crippen molar-refractivity contribution in [2.24, 2.45) is 10.9 Å². The van der Waals surface area contributed by atoms with Crippen LogP contribution in [0.3, 0.4) is 0 Å². The Labute approximate surface area is 49.5 Å². The van der Waals surface area contributed by atoms with Crippen molar-refractivity contribution in [3.8, 4) is 0 Å². The molecule has 0 aromatic carbocycles. The highest BCUT2D eigenvalue weighted by Gasteiger charge is 1.71. The summed E-state index contributed by atoms with van der Waals surface area (Å²) in [6, 6.07) is 0. The quantitative estimate of drug-likeness (QED) is 0.425. The summed E-state index contributed by atoms with van der Waals surface area (Å²) < 4.78 is 0. The second kappa shape index (κ2) is 6.43. The molecule has 0 saturated carbocycles. The van der Waals surface area contributed by atoms with Crippen LogP contribution in [0.4, 0.5) is 0 Å². The molecule has 0 amide bonds. The zero-order valence-corrected chi connectivity index (χ0v) is 5.13. The first-order valence-corrected chi connectivity index (χ1v) is 2.75. The van der Waals surface area contributed by atoms with E-state index in [0.29, 0.717) is 13.2 Å². The molecule has 0 aliphatic rings. The van der Waals surface area contributed by atoms with Crippen molar-refractivity contribution in [3.63, 3.8) is 0 Å². The van der Waals surface area contributed by atoms with Crippen LogP contribution < -0.4 is 5.73 Å². The predicted octanol–water partition coefficient (Wildman–Crippen LogP) is 0.358. The van der Waals surface area contributed by atoms with Crippen LogP contribution in [0.25, 0.3) is 0 Å². The van der Waals surface area contributed by atoms with Gasteiger partial charge in [0.1, 0.15) is 6.61 Å². The lowest BCUT2D eigenvalue weighted by Gasteiger charge is -1.88. The molecule has 0 radical (unpaired) electrons. The Morgan fingerprint density at radius 2 is 2.50 bits per heavy atom. The Hall–Kier alpha value is -0.570. The summed E-state index contributed by atoms with van der Waals surface area (Å²) >= 11 is 0. The van der Waals surface area contributed by atoms with Gasteiger partial charge >= 0.3 is 0 Å². The van der Waals surface area contributed by atoms with Crippen molar-refractivity contribution in [2.75, 3.05) is 13.2 Å². The minimum atomic E-state index is 0.626. The summed E-state index contributed by atoms with van der Waals surface area (Å²) in [5.74, 6) is 0. The maximum atomic E-state index is 5.16. The number of nitrogens with zero attached hydrogens (tertiary/aromatic N) is 1. The zero-order chi connectivity index (χ0) is 6.24. The lowest BCUT2D eigenvalue weighted by atomic mass is 10.5. The molecule has 0 rings (SSSR count). The highest BCUT2D eigenvalue weighted by Crippen LogP contribution is 1.72. The zero-order valence-electron chi connectivity index (χ0n) is 5.13. The minimum absolute atomic E-state index is 0.626. The molecule has 8 heavy (non-hydrogen) atoms. The van der Waals surface area contributed by atoms with E-state index in [-0.39, 0.29) is 0 Å². The van der Waals surface area contributed by atoms with Gasteiger partial charge in [-0.15, -0.1) is 0 Å². The van der Waals surface area contributed by atoms with E-state index in [4.69, 9.17) is 5.73 Å². The van der Waals surface area contributed by atoms with E-state index in [9.17, 15) is 0 Å². The largest absolute Gasteiger partial charge is 0.396 e. The summed E-state index contributed by atoms with van der Waals surface area (Å²) in [6.07, 6.45) is 2.46. The Morgan fingerprint density at radius 3 is 3.00 bits per heavy atom. The van der Waals surface area contributed by atoms with Gasteiger partial charge in [0.2, 0.25) is 0 Å². The van der Waals surface area contributed by atoms with Gasteiger partial charge in [-0.2, -0.15) is 0 Å². The first kappa shape index (κ1) is 7.43. The average molecular weight is 116 g/mol. The summed E-state index contributed by atoms with van der Waals surface area (Å²) in [6.45, 7) is 3.15. The van der Waals surface area contributed by atoms with Crippen LogP contribution in [-0.4, -0.2) is 19.4 Å². The smallest absolute Gasteiger partial charge is 0.114 e. The van der Waals surface area contributed by atoms with Crippen LogP contribution in [0.2, 0.25) is 0 Å². The molecule has 0 bridgehead atoms. The summed E-state index contributed by atoms with van der Waals surface area (Å²) in [5.41, 5.74) is 5.16. The fourth-order valence-electron chi connectivity index (χ4n) is 0.254. The van der Waals surface area contributed by atoms with Gasteiger partial charge in [0.25, 0.3) is 0 Å². The standard InChI is InChI=1S/C5H12N2O/c1-2-8-7-5-3-4-6/h5H,2-4,6H2,1H3. The van der Waals surface area contributed by atoms with Gasteiger partial charge < -0.3 is 10.6 Å². The summed E-state index contributed by atoms with van der Waals surface area (Å²) in [4.78, 5) is 4.65. The van der Waals surface area contributed by atoms with E-state index in [2.05, 4.69) is 9.99 Å². The predicted molar refractivity (Wildman–Crippen MR) is 33.8 cm³/mol. The Balaban J connectivity index is 2.83. The van der Waals surface area contributed by atoms with Crippen LogP contribution in [-0.2, 0) is 4.84 Å². The molecule has 0 aromatic heterocycles. The van der Waals surface area contributed by atoms with Crippen molar-refractivity contribution in [1.82, 2.24) is 0 Å². The Kier molecular flexibility index (Phi) is 5.97. The SMILES string of the molecule is CCON=CCCN. The normalized spacial score (nSPS) is 10.2. The second-order valence-electron chi connectivity index (χ2n) is 1.28. The van der Waals surface area contributed by atoms with Crippen LogP contribution in [0.1, 0.15) is 13.3 Å². The molecular formula is C5H12N2O. The van der Waals surface area contributed by atoms with Crippen LogP contribution >= 0.6 is 0 Å². The minimum Gasteiger partial charge on any atom is -0.396 e. The molecule has 0 atom stereocenters. The van der Waals surface area contributed by atoms with E-state index in [1.807, 2.05) is 6.92 Å². The van der Waals surface area contributed by atoms with Crippen molar-refractivity contribution < 1.29 is 4.84 Å². The van der Waals surface area contributed by atoms with E-state index in [1.54, 1.807) is 6.21 Å². The molecule has 0 saturated heterocycles. The van der Waals surface area contributed by atoms with Crippen LogP contribution in [0.5, 0.6) is 0 Å². The number of hydrogen-bond acceptors (Lipinski definition) is 3. The number of rotatable bonds is 4. The monoisotopic (exact) mass is 116 g/mol. The third kappa shape index (κ3) is 5.43. The topological polar surface area (TPSA) is 47.6 Å². The Morgan fingerprint density at radius 1 is 1.75 bits per heavy atom. The van der Waals surface area contributed by atoms with Gasteiger partial charge in [-0.1, -0.05) is 5.16 Å².